The molecular formula is C21H25N3O5S. The number of carbonyl (C=O) groups is 1. The zero-order valence-electron chi connectivity index (χ0n) is 17.4. The first-order valence-electron chi connectivity index (χ1n) is 9.44. The Hall–Kier alpha value is -2.72. The molecule has 9 heteroatoms. The van der Waals surface area contributed by atoms with Crippen molar-refractivity contribution in [3.8, 4) is 11.5 Å². The van der Waals surface area contributed by atoms with Gasteiger partial charge in [-0.05, 0) is 75.5 Å². The van der Waals surface area contributed by atoms with Crippen LogP contribution in [-0.4, -0.2) is 61.6 Å². The summed E-state index contributed by atoms with van der Waals surface area (Å²) in [6, 6.07) is 12.3. The van der Waals surface area contributed by atoms with Gasteiger partial charge in [-0.15, -0.1) is 0 Å². The molecule has 1 N–H and O–H groups in total. The topological polar surface area (TPSA) is 90.4 Å². The first-order valence-corrected chi connectivity index (χ1v) is 10.5. The third kappa shape index (κ3) is 4.71. The van der Waals surface area contributed by atoms with Gasteiger partial charge in [0.05, 0.1) is 11.6 Å². The van der Waals surface area contributed by atoms with Gasteiger partial charge in [0.2, 0.25) is 10.3 Å². The summed E-state index contributed by atoms with van der Waals surface area (Å²) in [6.07, 6.45) is 0. The summed E-state index contributed by atoms with van der Waals surface area (Å²) in [6.45, 7) is 4.42. The molecule has 0 bridgehead atoms. The van der Waals surface area contributed by atoms with Gasteiger partial charge in [0, 0.05) is 13.1 Å². The Morgan fingerprint density at radius 1 is 1.00 bits per heavy atom. The van der Waals surface area contributed by atoms with E-state index in [1.54, 1.807) is 38.4 Å². The fourth-order valence-electron chi connectivity index (χ4n) is 3.45. The van der Waals surface area contributed by atoms with Crippen LogP contribution in [0.4, 0.5) is 5.69 Å². The minimum Gasteiger partial charge on any atom is -0.457 e. The molecule has 1 aliphatic heterocycles. The number of carbonyl (C=O) groups excluding carboxylic acids is 1. The molecule has 160 valence electrons. The molecule has 30 heavy (non-hydrogen) atoms. The number of rotatable bonds is 4. The number of anilines is 1. The number of hydroxylamine groups is 1. The number of ether oxygens (including phenoxy) is 1. The van der Waals surface area contributed by atoms with Gasteiger partial charge in [-0.2, -0.15) is 13.5 Å². The second kappa shape index (κ2) is 8.97. The highest BCUT2D eigenvalue weighted by Crippen LogP contribution is 2.26. The Labute approximate surface area is 177 Å². The van der Waals surface area contributed by atoms with Crippen molar-refractivity contribution >= 4 is 27.0 Å². The second-order valence-electron chi connectivity index (χ2n) is 7.47. The highest BCUT2D eigenvalue weighted by Gasteiger charge is 2.34. The van der Waals surface area contributed by atoms with Crippen LogP contribution in [0, 0.1) is 19.8 Å². The van der Waals surface area contributed by atoms with E-state index in [0.717, 1.165) is 5.56 Å². The molecule has 3 rings (SSSR count). The quantitative estimate of drug-likeness (QED) is 0.451. The maximum Gasteiger partial charge on any atom is 0.256 e. The second-order valence-corrected chi connectivity index (χ2v) is 8.30. The lowest BCUT2D eigenvalue weighted by molar-refractivity contribution is -0.128. The highest BCUT2D eigenvalue weighted by atomic mass is 32.2. The van der Waals surface area contributed by atoms with Crippen LogP contribution in [0.5, 0.6) is 11.5 Å². The molecule has 2 aromatic carbocycles. The zero-order chi connectivity index (χ0) is 22.0. The van der Waals surface area contributed by atoms with E-state index in [0.29, 0.717) is 22.2 Å². The molecule has 8 nitrogen and oxygen atoms in total. The molecule has 2 aromatic rings. The van der Waals surface area contributed by atoms with Gasteiger partial charge in [-0.3, -0.25) is 19.8 Å². The lowest BCUT2D eigenvalue weighted by Gasteiger charge is -2.36. The summed E-state index contributed by atoms with van der Waals surface area (Å²) in [7, 11) is 0.805. The van der Waals surface area contributed by atoms with E-state index in [1.165, 1.54) is 15.4 Å². The predicted octanol–water partition coefficient (Wildman–Crippen LogP) is 2.28. The fourth-order valence-corrected chi connectivity index (χ4v) is 4.10. The number of hydrogen-bond donors (Lipinski definition) is 1. The van der Waals surface area contributed by atoms with Crippen molar-refractivity contribution in [3.63, 3.8) is 0 Å². The minimum atomic E-state index is -2.39. The largest absolute Gasteiger partial charge is 0.457 e. The molecule has 1 amide bonds. The van der Waals surface area contributed by atoms with Gasteiger partial charge >= 0.3 is 0 Å². The van der Waals surface area contributed by atoms with E-state index in [9.17, 15) is 18.4 Å². The highest BCUT2D eigenvalue weighted by molar-refractivity contribution is 7.72. The van der Waals surface area contributed by atoms with Crippen LogP contribution in [-0.2, 0) is 15.1 Å². The molecule has 1 aliphatic rings. The SMILES string of the molecule is Cc1ccc(Oc2ccc(N(O)C(=O)C3CN(C)C(=S(=O)=O)N(C)C3)cc2)cc1C. The van der Waals surface area contributed by atoms with Crippen LogP contribution in [0.2, 0.25) is 0 Å². The van der Waals surface area contributed by atoms with Crippen molar-refractivity contribution in [2.24, 2.45) is 5.92 Å². The molecule has 0 spiro atoms. The first kappa shape index (κ1) is 22.0. The van der Waals surface area contributed by atoms with Crippen molar-refractivity contribution in [2.45, 2.75) is 13.8 Å². The third-order valence-corrected chi connectivity index (χ3v) is 6.07. The lowest BCUT2D eigenvalue weighted by Crippen LogP contribution is -2.55. The van der Waals surface area contributed by atoms with E-state index in [2.05, 4.69) is 0 Å². The van der Waals surface area contributed by atoms with Gasteiger partial charge in [0.1, 0.15) is 11.5 Å². The van der Waals surface area contributed by atoms with Crippen molar-refractivity contribution < 1.29 is 23.2 Å². The summed E-state index contributed by atoms with van der Waals surface area (Å²) >= 11 is 0. The maximum absolute atomic E-state index is 12.7. The molecule has 0 aliphatic carbocycles. The standard InChI is InChI=1S/C21H25N3O5S/c1-14-5-8-19(11-15(14)2)29-18-9-6-17(7-10-18)24(26)20(25)16-12-22(3)21(30(27)28)23(4)13-16/h5-11,16,26H,12-13H2,1-4H3. The Bertz CT molecular complexity index is 1060. The molecule has 0 atom stereocenters. The molecule has 1 saturated heterocycles. The summed E-state index contributed by atoms with van der Waals surface area (Å²) in [4.78, 5) is 15.7. The average molecular weight is 432 g/mol. The molecule has 1 fully saturated rings. The van der Waals surface area contributed by atoms with E-state index in [4.69, 9.17) is 4.74 Å². The van der Waals surface area contributed by atoms with Crippen molar-refractivity contribution in [2.75, 3.05) is 32.2 Å². The monoisotopic (exact) mass is 431 g/mol. The zero-order valence-corrected chi connectivity index (χ0v) is 18.2. The molecular weight excluding hydrogens is 406 g/mol. The van der Waals surface area contributed by atoms with Gasteiger partial charge in [0.25, 0.3) is 5.91 Å². The normalized spacial score (nSPS) is 17.6. The third-order valence-electron chi connectivity index (χ3n) is 5.14. The lowest BCUT2D eigenvalue weighted by atomic mass is 10.1. The Kier molecular flexibility index (Phi) is 6.57. The Balaban J connectivity index is 1.69. The van der Waals surface area contributed by atoms with Crippen LogP contribution in [0.25, 0.3) is 0 Å². The molecule has 1 heterocycles. The maximum atomic E-state index is 12.7. The number of aryl methyl sites for hydroxylation is 2. The van der Waals surface area contributed by atoms with Gasteiger partial charge < -0.3 is 4.74 Å². The fraction of sp³-hybridized carbons (Fsp3) is 0.333. The smallest absolute Gasteiger partial charge is 0.256 e. The number of benzene rings is 2. The molecule has 0 unspecified atom stereocenters. The van der Waals surface area contributed by atoms with Crippen molar-refractivity contribution in [3.05, 3.63) is 53.6 Å². The van der Waals surface area contributed by atoms with Crippen LogP contribution in [0.3, 0.4) is 0 Å². The Morgan fingerprint density at radius 3 is 2.10 bits per heavy atom. The van der Waals surface area contributed by atoms with E-state index < -0.39 is 22.1 Å². The van der Waals surface area contributed by atoms with Gasteiger partial charge in [-0.25, -0.2) is 0 Å². The molecule has 0 saturated carbocycles. The van der Waals surface area contributed by atoms with Crippen molar-refractivity contribution in [1.82, 2.24) is 9.80 Å². The van der Waals surface area contributed by atoms with Crippen LogP contribution >= 0.6 is 0 Å². The summed E-state index contributed by atoms with van der Waals surface area (Å²) in [5.74, 6) is 0.201. The van der Waals surface area contributed by atoms with Crippen LogP contribution in [0.1, 0.15) is 11.1 Å². The van der Waals surface area contributed by atoms with E-state index >= 15 is 0 Å². The van der Waals surface area contributed by atoms with Crippen molar-refractivity contribution in [1.29, 1.82) is 0 Å². The van der Waals surface area contributed by atoms with Crippen LogP contribution in [0.15, 0.2) is 42.5 Å². The predicted molar refractivity (Wildman–Crippen MR) is 114 cm³/mol. The number of amides is 1. The average Bonchev–Trinajstić information content (AvgIpc) is 2.69. The van der Waals surface area contributed by atoms with E-state index in [-0.39, 0.29) is 18.2 Å². The number of nitrogens with zero attached hydrogens (tertiary/aromatic N) is 3. The van der Waals surface area contributed by atoms with E-state index in [1.807, 2.05) is 32.0 Å². The van der Waals surface area contributed by atoms with Gasteiger partial charge in [0.15, 0.2) is 5.11 Å². The summed E-state index contributed by atoms with van der Waals surface area (Å²) in [5.41, 5.74) is 2.61. The van der Waals surface area contributed by atoms with Gasteiger partial charge in [-0.1, -0.05) is 6.07 Å². The molecule has 0 radical (unpaired) electrons. The summed E-state index contributed by atoms with van der Waals surface area (Å²) < 4.78 is 28.5. The number of hydrogen-bond acceptors (Lipinski definition) is 5. The Morgan fingerprint density at radius 2 is 1.57 bits per heavy atom. The van der Waals surface area contributed by atoms with Crippen LogP contribution < -0.4 is 9.80 Å². The summed E-state index contributed by atoms with van der Waals surface area (Å²) in [5, 5.41) is 11.1. The first-order chi connectivity index (χ1) is 14.2. The molecule has 0 aromatic heterocycles. The minimum absolute atomic E-state index is 0.122.